The molecule has 3 heterocycles. The summed E-state index contributed by atoms with van der Waals surface area (Å²) < 4.78 is 22.1. The topological polar surface area (TPSA) is 46.8 Å². The molecule has 1 fully saturated rings. The van der Waals surface area contributed by atoms with Gasteiger partial charge in [0.15, 0.2) is 11.4 Å². The van der Waals surface area contributed by atoms with Crippen LogP contribution in [0.15, 0.2) is 79.1 Å². The summed E-state index contributed by atoms with van der Waals surface area (Å²) >= 11 is 0. The summed E-state index contributed by atoms with van der Waals surface area (Å²) in [6.45, 7) is 2.02. The van der Waals surface area contributed by atoms with Gasteiger partial charge in [0, 0.05) is 37.8 Å². The first-order chi connectivity index (χ1) is 16.2. The van der Waals surface area contributed by atoms with Crippen LogP contribution in [0.2, 0.25) is 0 Å². The van der Waals surface area contributed by atoms with E-state index in [1.807, 2.05) is 64.0 Å². The van der Waals surface area contributed by atoms with E-state index >= 15 is 0 Å². The number of fused-ring (bicyclic) bond motifs is 1. The molecule has 5 rings (SSSR count). The molecule has 1 saturated heterocycles. The predicted molar refractivity (Wildman–Crippen MR) is 125 cm³/mol. The maximum absolute atomic E-state index is 14.1. The van der Waals surface area contributed by atoms with Crippen molar-refractivity contribution in [3.8, 4) is 5.75 Å². The van der Waals surface area contributed by atoms with Gasteiger partial charge in [0.1, 0.15) is 12.4 Å². The number of likely N-dealkylation sites (tertiary alicyclic amines) is 1. The molecule has 6 heteroatoms. The van der Waals surface area contributed by atoms with Crippen LogP contribution in [0.3, 0.4) is 0 Å². The van der Waals surface area contributed by atoms with Crippen LogP contribution in [0, 0.1) is 5.82 Å². The van der Waals surface area contributed by atoms with Crippen molar-refractivity contribution in [3.05, 3.63) is 102 Å². The molecule has 2 aromatic heterocycles. The van der Waals surface area contributed by atoms with Crippen molar-refractivity contribution in [2.75, 3.05) is 13.1 Å². The van der Waals surface area contributed by atoms with Gasteiger partial charge in [-0.3, -0.25) is 4.79 Å². The number of amides is 1. The van der Waals surface area contributed by atoms with Gasteiger partial charge in [-0.2, -0.15) is 0 Å². The third-order valence-corrected chi connectivity index (χ3v) is 6.21. The van der Waals surface area contributed by atoms with E-state index in [0.29, 0.717) is 18.0 Å². The molecule has 1 unspecified atom stereocenters. The Morgan fingerprint density at radius 2 is 1.85 bits per heavy atom. The van der Waals surface area contributed by atoms with E-state index in [2.05, 4.69) is 4.98 Å². The lowest BCUT2D eigenvalue weighted by Gasteiger charge is -2.21. The van der Waals surface area contributed by atoms with Crippen LogP contribution in [-0.2, 0) is 11.4 Å². The van der Waals surface area contributed by atoms with Gasteiger partial charge in [0.2, 0.25) is 5.91 Å². The number of halogens is 1. The summed E-state index contributed by atoms with van der Waals surface area (Å²) in [7, 11) is 0. The Balaban J connectivity index is 1.48. The Labute approximate surface area is 192 Å². The van der Waals surface area contributed by atoms with Crippen LogP contribution >= 0.6 is 0 Å². The fourth-order valence-corrected chi connectivity index (χ4v) is 4.50. The first kappa shape index (κ1) is 21.2. The van der Waals surface area contributed by atoms with Crippen molar-refractivity contribution in [2.24, 2.45) is 0 Å². The predicted octanol–water partition coefficient (Wildman–Crippen LogP) is 5.20. The molecule has 0 saturated carbocycles. The number of pyridine rings is 1. The number of carbonyl (C=O) groups excluding carboxylic acids is 1. The van der Waals surface area contributed by atoms with Gasteiger partial charge in [0.25, 0.3) is 0 Å². The van der Waals surface area contributed by atoms with E-state index in [4.69, 9.17) is 4.74 Å². The van der Waals surface area contributed by atoms with Crippen molar-refractivity contribution in [2.45, 2.75) is 31.8 Å². The number of hydrogen-bond acceptors (Lipinski definition) is 3. The minimum atomic E-state index is -0.313. The average molecular weight is 444 g/mol. The highest BCUT2D eigenvalue weighted by molar-refractivity contribution is 5.78. The standard InChI is InChI=1S/C27H26FN3O2/c28-22-11-6-10-21(16-22)23(17-26(32)30-13-4-5-14-30)24-18-29-27-25(12-7-15-31(24)27)33-19-20-8-2-1-3-9-20/h1-3,6-12,15-16,18,23H,4-5,13-14,17,19H2. The zero-order chi connectivity index (χ0) is 22.6. The van der Waals surface area contributed by atoms with Crippen LogP contribution < -0.4 is 4.74 Å². The normalized spacial score (nSPS) is 14.5. The monoisotopic (exact) mass is 443 g/mol. The molecule has 4 aromatic rings. The Hall–Kier alpha value is -3.67. The van der Waals surface area contributed by atoms with E-state index in [1.165, 1.54) is 12.1 Å². The lowest BCUT2D eigenvalue weighted by molar-refractivity contribution is -0.130. The molecule has 0 bridgehead atoms. The number of carbonyl (C=O) groups is 1. The van der Waals surface area contributed by atoms with Gasteiger partial charge < -0.3 is 14.0 Å². The van der Waals surface area contributed by atoms with E-state index in [1.54, 1.807) is 12.3 Å². The van der Waals surface area contributed by atoms with Gasteiger partial charge in [-0.25, -0.2) is 9.37 Å². The number of rotatable bonds is 7. The second-order valence-electron chi connectivity index (χ2n) is 8.42. The van der Waals surface area contributed by atoms with Gasteiger partial charge in [-0.05, 0) is 48.2 Å². The summed E-state index contributed by atoms with van der Waals surface area (Å²) in [4.78, 5) is 19.6. The minimum absolute atomic E-state index is 0.0909. The van der Waals surface area contributed by atoms with Gasteiger partial charge >= 0.3 is 0 Å². The van der Waals surface area contributed by atoms with E-state index in [0.717, 1.165) is 42.8 Å². The first-order valence-corrected chi connectivity index (χ1v) is 11.3. The highest BCUT2D eigenvalue weighted by Gasteiger charge is 2.27. The van der Waals surface area contributed by atoms with Crippen molar-refractivity contribution in [1.82, 2.24) is 14.3 Å². The summed E-state index contributed by atoms with van der Waals surface area (Å²) in [5.74, 6) is 0.129. The van der Waals surface area contributed by atoms with Gasteiger partial charge in [-0.15, -0.1) is 0 Å². The smallest absolute Gasteiger partial charge is 0.223 e. The number of aromatic nitrogens is 2. The highest BCUT2D eigenvalue weighted by Crippen LogP contribution is 2.32. The summed E-state index contributed by atoms with van der Waals surface area (Å²) in [6, 6.07) is 20.3. The van der Waals surface area contributed by atoms with Gasteiger partial charge in [0.05, 0.1) is 5.69 Å². The lowest BCUT2D eigenvalue weighted by atomic mass is 9.92. The SMILES string of the molecule is O=C(CC(c1cccc(F)c1)c1cnc2c(OCc3ccccc3)cccn12)N1CCCC1. The largest absolute Gasteiger partial charge is 0.485 e. The molecule has 33 heavy (non-hydrogen) atoms. The molecule has 1 atom stereocenters. The number of nitrogens with zero attached hydrogens (tertiary/aromatic N) is 3. The fraction of sp³-hybridized carbons (Fsp3) is 0.259. The van der Waals surface area contributed by atoms with Gasteiger partial charge in [-0.1, -0.05) is 42.5 Å². The second-order valence-corrected chi connectivity index (χ2v) is 8.42. The number of ether oxygens (including phenoxy) is 1. The van der Waals surface area contributed by atoms with Crippen molar-refractivity contribution in [1.29, 1.82) is 0 Å². The molecule has 2 aromatic carbocycles. The Bertz CT molecular complexity index is 1250. The molecule has 0 spiro atoms. The third-order valence-electron chi connectivity index (χ3n) is 6.21. The zero-order valence-electron chi connectivity index (χ0n) is 18.4. The van der Waals surface area contributed by atoms with Crippen LogP contribution in [-0.4, -0.2) is 33.3 Å². The number of benzene rings is 2. The van der Waals surface area contributed by atoms with Crippen molar-refractivity contribution in [3.63, 3.8) is 0 Å². The third kappa shape index (κ3) is 4.60. The summed E-state index contributed by atoms with van der Waals surface area (Å²) in [5, 5.41) is 0. The Kier molecular flexibility index (Phi) is 6.07. The molecule has 1 aliphatic heterocycles. The molecule has 0 aliphatic carbocycles. The van der Waals surface area contributed by atoms with Crippen molar-refractivity contribution >= 4 is 11.6 Å². The van der Waals surface area contributed by atoms with Crippen LogP contribution in [0.5, 0.6) is 5.75 Å². The molecule has 168 valence electrons. The molecular weight excluding hydrogens is 417 g/mol. The van der Waals surface area contributed by atoms with E-state index in [-0.39, 0.29) is 24.1 Å². The molecule has 0 N–H and O–H groups in total. The lowest BCUT2D eigenvalue weighted by Crippen LogP contribution is -2.29. The quantitative estimate of drug-likeness (QED) is 0.395. The molecular formula is C27H26FN3O2. The average Bonchev–Trinajstić information content (AvgIpc) is 3.53. The zero-order valence-corrected chi connectivity index (χ0v) is 18.4. The minimum Gasteiger partial charge on any atom is -0.485 e. The second kappa shape index (κ2) is 9.45. The molecule has 0 radical (unpaired) electrons. The molecule has 1 amide bonds. The first-order valence-electron chi connectivity index (χ1n) is 11.3. The van der Waals surface area contributed by atoms with E-state index in [9.17, 15) is 9.18 Å². The Morgan fingerprint density at radius 1 is 1.03 bits per heavy atom. The number of imidazole rings is 1. The molecule has 1 aliphatic rings. The summed E-state index contributed by atoms with van der Waals surface area (Å²) in [5.41, 5.74) is 3.35. The van der Waals surface area contributed by atoms with Crippen LogP contribution in [0.1, 0.15) is 42.0 Å². The highest BCUT2D eigenvalue weighted by atomic mass is 19.1. The van der Waals surface area contributed by atoms with E-state index < -0.39 is 0 Å². The van der Waals surface area contributed by atoms with Crippen LogP contribution in [0.4, 0.5) is 4.39 Å². The maximum atomic E-state index is 14.1. The summed E-state index contributed by atoms with van der Waals surface area (Å²) in [6.07, 6.45) is 6.03. The molecule has 5 nitrogen and oxygen atoms in total. The maximum Gasteiger partial charge on any atom is 0.223 e. The number of hydrogen-bond donors (Lipinski definition) is 0. The van der Waals surface area contributed by atoms with Crippen molar-refractivity contribution < 1.29 is 13.9 Å². The van der Waals surface area contributed by atoms with Crippen LogP contribution in [0.25, 0.3) is 5.65 Å². The Morgan fingerprint density at radius 3 is 2.64 bits per heavy atom. The fourth-order valence-electron chi connectivity index (χ4n) is 4.50.